The maximum absolute atomic E-state index is 4.76. The molecule has 7 heteroatoms. The van der Waals surface area contributed by atoms with Crippen LogP contribution in [0.5, 0.6) is 0 Å². The van der Waals surface area contributed by atoms with Crippen LogP contribution in [-0.4, -0.2) is 25.1 Å². The lowest BCUT2D eigenvalue weighted by Crippen LogP contribution is -1.92. The van der Waals surface area contributed by atoms with Crippen LogP contribution in [0.25, 0.3) is 33.7 Å². The minimum Gasteiger partial charge on any atom is -0.271 e. The fourth-order valence-electron chi connectivity index (χ4n) is 2.54. The van der Waals surface area contributed by atoms with Crippen molar-refractivity contribution in [2.24, 2.45) is 0 Å². The number of hydrogen-bond acceptors (Lipinski definition) is 4. The maximum atomic E-state index is 4.76. The van der Waals surface area contributed by atoms with Gasteiger partial charge in [-0.25, -0.2) is 4.98 Å². The molecule has 0 fully saturated rings. The number of rotatable bonds is 2. The Morgan fingerprint density at radius 1 is 1.04 bits per heavy atom. The molecule has 0 bridgehead atoms. The van der Waals surface area contributed by atoms with Gasteiger partial charge in [-0.15, -0.1) is 0 Å². The van der Waals surface area contributed by atoms with Gasteiger partial charge in [0.25, 0.3) is 0 Å². The number of hydrogen-bond donors (Lipinski definition) is 1. The lowest BCUT2D eigenvalue weighted by atomic mass is 10.1. The number of halogens is 2. The zero-order chi connectivity index (χ0) is 16.7. The second-order valence-electron chi connectivity index (χ2n) is 5.31. The molecule has 24 heavy (non-hydrogen) atoms. The van der Waals surface area contributed by atoms with E-state index in [2.05, 4.69) is 58.7 Å². The monoisotopic (exact) mass is 491 g/mol. The molecule has 4 aromatic rings. The highest BCUT2D eigenvalue weighted by molar-refractivity contribution is 14.1. The van der Waals surface area contributed by atoms with Gasteiger partial charge in [0.15, 0.2) is 0 Å². The van der Waals surface area contributed by atoms with Crippen molar-refractivity contribution in [3.05, 3.63) is 56.5 Å². The van der Waals surface area contributed by atoms with Crippen molar-refractivity contribution in [3.63, 3.8) is 0 Å². The second kappa shape index (κ2) is 6.21. The first-order valence-corrected chi connectivity index (χ1v) is 9.09. The van der Waals surface area contributed by atoms with E-state index in [4.69, 9.17) is 4.98 Å². The second-order valence-corrected chi connectivity index (χ2v) is 7.31. The van der Waals surface area contributed by atoms with Crippen LogP contribution in [0, 0.1) is 10.6 Å². The van der Waals surface area contributed by atoms with E-state index in [9.17, 15) is 0 Å². The van der Waals surface area contributed by atoms with Crippen molar-refractivity contribution in [1.29, 1.82) is 0 Å². The van der Waals surface area contributed by atoms with E-state index in [0.29, 0.717) is 0 Å². The largest absolute Gasteiger partial charge is 0.271 e. The van der Waals surface area contributed by atoms with E-state index < -0.39 is 0 Å². The fourth-order valence-corrected chi connectivity index (χ4v) is 3.51. The summed E-state index contributed by atoms with van der Waals surface area (Å²) in [6.07, 6.45) is 1.77. The minimum atomic E-state index is 0.804. The number of nitrogens with one attached hydrogen (secondary N) is 1. The van der Waals surface area contributed by atoms with Gasteiger partial charge in [0, 0.05) is 16.4 Å². The van der Waals surface area contributed by atoms with Crippen molar-refractivity contribution in [3.8, 4) is 22.6 Å². The molecule has 118 valence electrons. The van der Waals surface area contributed by atoms with Gasteiger partial charge in [-0.3, -0.25) is 15.1 Å². The average Bonchev–Trinajstić information content (AvgIpc) is 2.96. The predicted octanol–water partition coefficient (Wildman–Crippen LogP) is 4.76. The van der Waals surface area contributed by atoms with Gasteiger partial charge in [0.2, 0.25) is 0 Å². The Bertz CT molecular complexity index is 1060. The molecule has 1 N–H and O–H groups in total. The number of pyridine rings is 3. The average molecular weight is 492 g/mol. The Hall–Kier alpha value is -1.87. The van der Waals surface area contributed by atoms with E-state index in [0.717, 1.165) is 47.5 Å². The summed E-state index contributed by atoms with van der Waals surface area (Å²) < 4.78 is 1.84. The molecule has 0 atom stereocenters. The summed E-state index contributed by atoms with van der Waals surface area (Å²) in [5, 5.41) is 7.49. The molecule has 0 radical (unpaired) electrons. The number of nitrogens with zero attached hydrogens (tertiary/aromatic N) is 4. The van der Waals surface area contributed by atoms with Gasteiger partial charge in [-0.1, -0.05) is 6.07 Å². The zero-order valence-corrected chi connectivity index (χ0v) is 16.3. The number of aromatic amines is 1. The first-order chi connectivity index (χ1) is 11.6. The molecule has 0 spiro atoms. The summed E-state index contributed by atoms with van der Waals surface area (Å²) >= 11 is 5.69. The Labute approximate surface area is 160 Å². The highest BCUT2D eigenvalue weighted by Crippen LogP contribution is 2.33. The zero-order valence-electron chi connectivity index (χ0n) is 12.6. The highest BCUT2D eigenvalue weighted by Gasteiger charge is 2.18. The molecule has 0 aliphatic rings. The fraction of sp³-hybridized carbons (Fsp3) is 0.0588. The SMILES string of the molecule is Cc1cccc(-c2n[nH]c(I)c2-c2ccc3ncc(Br)cc3n2)n1. The van der Waals surface area contributed by atoms with Crippen LogP contribution in [0.2, 0.25) is 0 Å². The van der Waals surface area contributed by atoms with Gasteiger partial charge in [-0.05, 0) is 75.8 Å². The standard InChI is InChI=1S/C17H11BrIN5/c1-9-3-2-4-13(21-9)16-15(17(19)24-23-16)12-6-5-11-14(22-12)7-10(18)8-20-11/h2-8H,1H3,(H,23,24). The van der Waals surface area contributed by atoms with Gasteiger partial charge >= 0.3 is 0 Å². The summed E-state index contributed by atoms with van der Waals surface area (Å²) in [4.78, 5) is 13.7. The van der Waals surface area contributed by atoms with Gasteiger partial charge in [0.1, 0.15) is 9.39 Å². The third kappa shape index (κ3) is 2.82. The lowest BCUT2D eigenvalue weighted by molar-refractivity contribution is 1.06. The number of aromatic nitrogens is 5. The van der Waals surface area contributed by atoms with Gasteiger partial charge < -0.3 is 0 Å². The summed E-state index contributed by atoms with van der Waals surface area (Å²) in [6.45, 7) is 1.97. The minimum absolute atomic E-state index is 0.804. The molecule has 4 rings (SSSR count). The van der Waals surface area contributed by atoms with Crippen molar-refractivity contribution >= 4 is 49.6 Å². The third-order valence-corrected chi connectivity index (χ3v) is 4.83. The van der Waals surface area contributed by atoms with Crippen LogP contribution in [0.4, 0.5) is 0 Å². The summed E-state index contributed by atoms with van der Waals surface area (Å²) in [5.41, 5.74) is 6.08. The van der Waals surface area contributed by atoms with Crippen molar-refractivity contribution in [2.45, 2.75) is 6.92 Å². The molecule has 0 amide bonds. The molecule has 0 aliphatic carbocycles. The molecule has 0 aromatic carbocycles. The molecule has 0 aliphatic heterocycles. The van der Waals surface area contributed by atoms with Gasteiger partial charge in [-0.2, -0.15) is 5.10 Å². The van der Waals surface area contributed by atoms with Crippen LogP contribution >= 0.6 is 38.5 Å². The third-order valence-electron chi connectivity index (χ3n) is 3.61. The van der Waals surface area contributed by atoms with E-state index in [-0.39, 0.29) is 0 Å². The van der Waals surface area contributed by atoms with Crippen molar-refractivity contribution in [2.75, 3.05) is 0 Å². The normalized spacial score (nSPS) is 11.1. The summed E-state index contributed by atoms with van der Waals surface area (Å²) in [7, 11) is 0. The van der Waals surface area contributed by atoms with Crippen LogP contribution in [0.1, 0.15) is 5.69 Å². The molecule has 4 heterocycles. The molecule has 5 nitrogen and oxygen atoms in total. The summed E-state index contributed by atoms with van der Waals surface area (Å²) in [5.74, 6) is 0. The number of H-pyrrole nitrogens is 1. The Balaban J connectivity index is 1.92. The molecule has 0 saturated heterocycles. The molecular formula is C17H11BrIN5. The number of aryl methyl sites for hydroxylation is 1. The Morgan fingerprint density at radius 3 is 2.75 bits per heavy atom. The topological polar surface area (TPSA) is 67.3 Å². The smallest absolute Gasteiger partial charge is 0.121 e. The molecule has 4 aromatic heterocycles. The van der Waals surface area contributed by atoms with Gasteiger partial charge in [0.05, 0.1) is 28.0 Å². The number of fused-ring (bicyclic) bond motifs is 1. The quantitative estimate of drug-likeness (QED) is 0.410. The van der Waals surface area contributed by atoms with E-state index in [1.165, 1.54) is 0 Å². The first-order valence-electron chi connectivity index (χ1n) is 7.22. The van der Waals surface area contributed by atoms with E-state index in [1.807, 2.05) is 43.3 Å². The Morgan fingerprint density at radius 2 is 1.92 bits per heavy atom. The van der Waals surface area contributed by atoms with Crippen LogP contribution < -0.4 is 0 Å². The highest BCUT2D eigenvalue weighted by atomic mass is 127. The van der Waals surface area contributed by atoms with Crippen molar-refractivity contribution in [1.82, 2.24) is 25.1 Å². The van der Waals surface area contributed by atoms with E-state index >= 15 is 0 Å². The van der Waals surface area contributed by atoms with Crippen molar-refractivity contribution < 1.29 is 0 Å². The summed E-state index contributed by atoms with van der Waals surface area (Å²) in [6, 6.07) is 11.8. The van der Waals surface area contributed by atoms with Crippen LogP contribution in [-0.2, 0) is 0 Å². The Kier molecular flexibility index (Phi) is 4.05. The lowest BCUT2D eigenvalue weighted by Gasteiger charge is -2.05. The molecule has 0 unspecified atom stereocenters. The molecular weight excluding hydrogens is 481 g/mol. The first kappa shape index (κ1) is 15.6. The van der Waals surface area contributed by atoms with Crippen LogP contribution in [0.15, 0.2) is 47.1 Å². The predicted molar refractivity (Wildman–Crippen MR) is 106 cm³/mol. The van der Waals surface area contributed by atoms with Crippen LogP contribution in [0.3, 0.4) is 0 Å². The molecule has 0 saturated carbocycles. The van der Waals surface area contributed by atoms with E-state index in [1.54, 1.807) is 6.20 Å². The maximum Gasteiger partial charge on any atom is 0.121 e.